The third kappa shape index (κ3) is 3.39. The first-order valence-corrected chi connectivity index (χ1v) is 8.78. The summed E-state index contributed by atoms with van der Waals surface area (Å²) >= 11 is 0. The van der Waals surface area contributed by atoms with Crippen LogP contribution in [-0.2, 0) is 9.84 Å². The number of rotatable bonds is 3. The Labute approximate surface area is 120 Å². The van der Waals surface area contributed by atoms with Crippen LogP contribution in [0.5, 0.6) is 0 Å². The van der Waals surface area contributed by atoms with E-state index in [0.717, 1.165) is 31.1 Å². The van der Waals surface area contributed by atoms with Crippen molar-refractivity contribution >= 4 is 15.7 Å². The molecule has 1 aromatic rings. The Morgan fingerprint density at radius 1 is 1.30 bits per heavy atom. The van der Waals surface area contributed by atoms with Crippen LogP contribution in [0.4, 0.5) is 0 Å². The summed E-state index contributed by atoms with van der Waals surface area (Å²) in [5, 5.41) is 3.01. The second-order valence-electron chi connectivity index (χ2n) is 5.84. The normalized spacial score (nSPS) is 22.8. The fraction of sp³-hybridized carbons (Fsp3) is 0.533. The standard InChI is InChI=1S/C15H21NO3S/c1-10-4-6-12(8-10)16-15(17)14-9-13(20(3,18)19)7-5-11(14)2/h5,7,9-10,12H,4,6,8H2,1-3H3,(H,16,17). The molecule has 1 saturated carbocycles. The van der Waals surface area contributed by atoms with Crippen LogP contribution in [0.2, 0.25) is 0 Å². The van der Waals surface area contributed by atoms with Crippen LogP contribution in [0.25, 0.3) is 0 Å². The van der Waals surface area contributed by atoms with E-state index in [4.69, 9.17) is 0 Å². The molecule has 0 saturated heterocycles. The molecule has 110 valence electrons. The fourth-order valence-corrected chi connectivity index (χ4v) is 3.32. The number of carbonyl (C=O) groups excluding carboxylic acids is 1. The number of amides is 1. The van der Waals surface area contributed by atoms with Crippen LogP contribution < -0.4 is 5.32 Å². The van der Waals surface area contributed by atoms with Gasteiger partial charge in [-0.3, -0.25) is 4.79 Å². The molecule has 0 heterocycles. The highest BCUT2D eigenvalue weighted by molar-refractivity contribution is 7.90. The Hall–Kier alpha value is -1.36. The van der Waals surface area contributed by atoms with Gasteiger partial charge in [-0.1, -0.05) is 13.0 Å². The van der Waals surface area contributed by atoms with Crippen molar-refractivity contribution in [3.05, 3.63) is 29.3 Å². The number of carbonyl (C=O) groups is 1. The van der Waals surface area contributed by atoms with Crippen LogP contribution in [-0.4, -0.2) is 26.6 Å². The van der Waals surface area contributed by atoms with Crippen LogP contribution in [0.3, 0.4) is 0 Å². The van der Waals surface area contributed by atoms with Gasteiger partial charge in [-0.25, -0.2) is 8.42 Å². The van der Waals surface area contributed by atoms with Gasteiger partial charge in [0.15, 0.2) is 9.84 Å². The summed E-state index contributed by atoms with van der Waals surface area (Å²) < 4.78 is 23.1. The summed E-state index contributed by atoms with van der Waals surface area (Å²) in [6.07, 6.45) is 4.28. The molecule has 0 aromatic heterocycles. The molecule has 1 aliphatic rings. The van der Waals surface area contributed by atoms with Gasteiger partial charge in [-0.15, -0.1) is 0 Å². The van der Waals surface area contributed by atoms with E-state index in [2.05, 4.69) is 12.2 Å². The van der Waals surface area contributed by atoms with Gasteiger partial charge in [0, 0.05) is 17.9 Å². The summed E-state index contributed by atoms with van der Waals surface area (Å²) in [6, 6.07) is 4.90. The summed E-state index contributed by atoms with van der Waals surface area (Å²) in [4.78, 5) is 12.5. The second-order valence-corrected chi connectivity index (χ2v) is 7.85. The highest BCUT2D eigenvalue weighted by atomic mass is 32.2. The van der Waals surface area contributed by atoms with Gasteiger partial charge >= 0.3 is 0 Å². The zero-order valence-corrected chi connectivity index (χ0v) is 13.0. The fourth-order valence-electron chi connectivity index (χ4n) is 2.68. The number of benzene rings is 1. The monoisotopic (exact) mass is 295 g/mol. The summed E-state index contributed by atoms with van der Waals surface area (Å²) in [5.41, 5.74) is 1.24. The lowest BCUT2D eigenvalue weighted by molar-refractivity contribution is 0.0936. The van der Waals surface area contributed by atoms with E-state index < -0.39 is 9.84 Å². The van der Waals surface area contributed by atoms with Gasteiger partial charge in [0.05, 0.1) is 4.90 Å². The molecule has 1 N–H and O–H groups in total. The minimum Gasteiger partial charge on any atom is -0.349 e. The van der Waals surface area contributed by atoms with Crippen molar-refractivity contribution in [2.45, 2.75) is 44.0 Å². The van der Waals surface area contributed by atoms with E-state index in [9.17, 15) is 13.2 Å². The molecule has 4 nitrogen and oxygen atoms in total. The minimum absolute atomic E-state index is 0.174. The van der Waals surface area contributed by atoms with Gasteiger partial charge in [0.25, 0.3) is 5.91 Å². The number of sulfone groups is 1. The SMILES string of the molecule is Cc1ccc(S(C)(=O)=O)cc1C(=O)NC1CCC(C)C1. The Morgan fingerprint density at radius 2 is 2.00 bits per heavy atom. The number of hydrogen-bond acceptors (Lipinski definition) is 3. The molecule has 2 unspecified atom stereocenters. The number of aryl methyl sites for hydroxylation is 1. The molecule has 1 amide bonds. The van der Waals surface area contributed by atoms with Gasteiger partial charge < -0.3 is 5.32 Å². The third-order valence-electron chi connectivity index (χ3n) is 3.91. The summed E-state index contributed by atoms with van der Waals surface area (Å²) in [5.74, 6) is 0.468. The summed E-state index contributed by atoms with van der Waals surface area (Å²) in [7, 11) is -3.29. The van der Waals surface area contributed by atoms with Crippen molar-refractivity contribution in [1.82, 2.24) is 5.32 Å². The molecular weight excluding hydrogens is 274 g/mol. The average Bonchev–Trinajstić information content (AvgIpc) is 2.73. The second kappa shape index (κ2) is 5.56. The maximum Gasteiger partial charge on any atom is 0.251 e. The lowest BCUT2D eigenvalue weighted by Crippen LogP contribution is -2.33. The number of hydrogen-bond donors (Lipinski definition) is 1. The Balaban J connectivity index is 2.21. The van der Waals surface area contributed by atoms with Gasteiger partial charge in [-0.2, -0.15) is 0 Å². The molecule has 1 aliphatic carbocycles. The van der Waals surface area contributed by atoms with E-state index in [0.29, 0.717) is 11.5 Å². The Kier molecular flexibility index (Phi) is 4.18. The highest BCUT2D eigenvalue weighted by Crippen LogP contribution is 2.25. The third-order valence-corrected chi connectivity index (χ3v) is 5.02. The quantitative estimate of drug-likeness (QED) is 0.930. The van der Waals surface area contributed by atoms with Crippen LogP contribution in [0.1, 0.15) is 42.1 Å². The maximum atomic E-state index is 12.3. The van der Waals surface area contributed by atoms with Gasteiger partial charge in [0.1, 0.15) is 0 Å². The van der Waals surface area contributed by atoms with E-state index in [1.807, 2.05) is 6.92 Å². The molecule has 0 radical (unpaired) electrons. The zero-order chi connectivity index (χ0) is 14.9. The molecular formula is C15H21NO3S. The molecule has 0 aliphatic heterocycles. The van der Waals surface area contributed by atoms with Crippen LogP contribution >= 0.6 is 0 Å². The molecule has 1 aromatic carbocycles. The van der Waals surface area contributed by atoms with Crippen molar-refractivity contribution in [2.75, 3.05) is 6.26 Å². The maximum absolute atomic E-state index is 12.3. The minimum atomic E-state index is -3.29. The molecule has 2 rings (SSSR count). The summed E-state index contributed by atoms with van der Waals surface area (Å²) in [6.45, 7) is 4.00. The zero-order valence-electron chi connectivity index (χ0n) is 12.1. The lowest BCUT2D eigenvalue weighted by atomic mass is 10.1. The Bertz CT molecular complexity index is 622. The van der Waals surface area contributed by atoms with Crippen molar-refractivity contribution in [2.24, 2.45) is 5.92 Å². The largest absolute Gasteiger partial charge is 0.349 e. The first kappa shape index (κ1) is 15.0. The predicted molar refractivity (Wildman–Crippen MR) is 78.6 cm³/mol. The molecule has 2 atom stereocenters. The number of nitrogens with one attached hydrogen (secondary N) is 1. The van der Waals surface area contributed by atoms with Crippen LogP contribution in [0, 0.1) is 12.8 Å². The van der Waals surface area contributed by atoms with E-state index >= 15 is 0 Å². The lowest BCUT2D eigenvalue weighted by Gasteiger charge is -2.14. The topological polar surface area (TPSA) is 63.2 Å². The van der Waals surface area contributed by atoms with E-state index in [1.54, 1.807) is 12.1 Å². The Morgan fingerprint density at radius 3 is 2.55 bits per heavy atom. The van der Waals surface area contributed by atoms with Gasteiger partial charge in [0.2, 0.25) is 0 Å². The smallest absolute Gasteiger partial charge is 0.251 e. The first-order chi connectivity index (χ1) is 9.27. The first-order valence-electron chi connectivity index (χ1n) is 6.89. The van der Waals surface area contributed by atoms with E-state index in [1.165, 1.54) is 6.07 Å². The molecule has 0 spiro atoms. The van der Waals surface area contributed by atoms with Crippen molar-refractivity contribution < 1.29 is 13.2 Å². The van der Waals surface area contributed by atoms with Gasteiger partial charge in [-0.05, 0) is 49.8 Å². The van der Waals surface area contributed by atoms with Crippen molar-refractivity contribution in [3.8, 4) is 0 Å². The van der Waals surface area contributed by atoms with E-state index in [-0.39, 0.29) is 16.8 Å². The van der Waals surface area contributed by atoms with Crippen molar-refractivity contribution in [3.63, 3.8) is 0 Å². The van der Waals surface area contributed by atoms with Crippen molar-refractivity contribution in [1.29, 1.82) is 0 Å². The molecule has 1 fully saturated rings. The average molecular weight is 295 g/mol. The molecule has 5 heteroatoms. The highest BCUT2D eigenvalue weighted by Gasteiger charge is 2.24. The molecule has 0 bridgehead atoms. The van der Waals surface area contributed by atoms with Crippen LogP contribution in [0.15, 0.2) is 23.1 Å². The molecule has 20 heavy (non-hydrogen) atoms. The predicted octanol–water partition coefficient (Wildman–Crippen LogP) is 2.32.